The Balaban J connectivity index is 1.90. The number of piperidine rings is 1. The van der Waals surface area contributed by atoms with Crippen LogP contribution >= 0.6 is 0 Å². The molecular weight excluding hydrogens is 344 g/mol. The largest absolute Gasteiger partial charge is 0.508 e. The number of ether oxygens (including phenoxy) is 1. The summed E-state index contributed by atoms with van der Waals surface area (Å²) < 4.78 is 5.65. The Hall–Kier alpha value is -2.24. The van der Waals surface area contributed by atoms with Crippen molar-refractivity contribution in [3.63, 3.8) is 0 Å². The van der Waals surface area contributed by atoms with E-state index >= 15 is 0 Å². The highest BCUT2D eigenvalue weighted by Crippen LogP contribution is 2.39. The maximum absolute atomic E-state index is 13.3. The molecule has 1 unspecified atom stereocenters. The van der Waals surface area contributed by atoms with Gasteiger partial charge in [0.15, 0.2) is 0 Å². The number of aromatic hydroxyl groups is 1. The van der Waals surface area contributed by atoms with Crippen molar-refractivity contribution in [3.8, 4) is 11.5 Å². The van der Waals surface area contributed by atoms with Crippen molar-refractivity contribution < 1.29 is 19.4 Å². The van der Waals surface area contributed by atoms with Gasteiger partial charge >= 0.3 is 0 Å². The highest BCUT2D eigenvalue weighted by molar-refractivity contribution is 6.00. The molecule has 0 aromatic heterocycles. The second-order valence-corrected chi connectivity index (χ2v) is 7.87. The van der Waals surface area contributed by atoms with Crippen LogP contribution in [0.25, 0.3) is 0 Å². The fraction of sp³-hybridized carbons (Fsp3) is 0.619. The number of phenolic OH excluding ortho intramolecular Hbond substituents is 1. The van der Waals surface area contributed by atoms with Crippen LogP contribution in [0.2, 0.25) is 0 Å². The monoisotopic (exact) mass is 374 g/mol. The van der Waals surface area contributed by atoms with E-state index in [2.05, 4.69) is 6.92 Å². The maximum Gasteiger partial charge on any atom is 0.255 e. The molecular formula is C21H30N2O4. The molecule has 0 saturated carbocycles. The van der Waals surface area contributed by atoms with E-state index in [9.17, 15) is 14.7 Å². The summed E-state index contributed by atoms with van der Waals surface area (Å²) in [5.74, 6) is 0.334. The topological polar surface area (TPSA) is 70.1 Å². The Bertz CT molecular complexity index is 716. The zero-order valence-electron chi connectivity index (χ0n) is 16.5. The Kier molecular flexibility index (Phi) is 5.63. The van der Waals surface area contributed by atoms with Crippen LogP contribution in [-0.4, -0.2) is 58.0 Å². The Morgan fingerprint density at radius 3 is 2.59 bits per heavy atom. The molecule has 0 radical (unpaired) electrons. The summed E-state index contributed by atoms with van der Waals surface area (Å²) >= 11 is 0. The van der Waals surface area contributed by atoms with E-state index in [1.807, 2.05) is 18.7 Å². The SMILES string of the molecule is CCCN1CCCC2(CCCN2C(=O)c2cc(O)cc(OC(C)C)c2)C1=O. The molecule has 27 heavy (non-hydrogen) atoms. The average molecular weight is 374 g/mol. The molecule has 1 aromatic rings. The van der Waals surface area contributed by atoms with Gasteiger partial charge in [-0.25, -0.2) is 0 Å². The minimum absolute atomic E-state index is 0.00710. The third kappa shape index (κ3) is 3.75. The Morgan fingerprint density at radius 1 is 1.22 bits per heavy atom. The number of amides is 2. The van der Waals surface area contributed by atoms with Crippen molar-refractivity contribution in [2.24, 2.45) is 0 Å². The number of phenols is 1. The van der Waals surface area contributed by atoms with E-state index < -0.39 is 5.54 Å². The van der Waals surface area contributed by atoms with Crippen molar-refractivity contribution in [3.05, 3.63) is 23.8 Å². The molecule has 6 heteroatoms. The minimum Gasteiger partial charge on any atom is -0.508 e. The van der Waals surface area contributed by atoms with Crippen LogP contribution < -0.4 is 4.74 Å². The van der Waals surface area contributed by atoms with Gasteiger partial charge in [-0.3, -0.25) is 9.59 Å². The van der Waals surface area contributed by atoms with Crippen LogP contribution in [0.4, 0.5) is 0 Å². The first-order chi connectivity index (χ1) is 12.9. The van der Waals surface area contributed by atoms with Gasteiger partial charge in [-0.1, -0.05) is 6.92 Å². The molecule has 1 N–H and O–H groups in total. The zero-order chi connectivity index (χ0) is 19.6. The quantitative estimate of drug-likeness (QED) is 0.859. The lowest BCUT2D eigenvalue weighted by molar-refractivity contribution is -0.145. The summed E-state index contributed by atoms with van der Waals surface area (Å²) in [4.78, 5) is 30.2. The fourth-order valence-corrected chi connectivity index (χ4v) is 4.41. The minimum atomic E-state index is -0.727. The van der Waals surface area contributed by atoms with E-state index in [-0.39, 0.29) is 23.7 Å². The average Bonchev–Trinajstić information content (AvgIpc) is 3.02. The van der Waals surface area contributed by atoms with Crippen LogP contribution in [0.1, 0.15) is 63.2 Å². The van der Waals surface area contributed by atoms with Crippen LogP contribution in [0, 0.1) is 0 Å². The third-order valence-electron chi connectivity index (χ3n) is 5.44. The summed E-state index contributed by atoms with van der Waals surface area (Å²) in [6, 6.07) is 4.62. The van der Waals surface area contributed by atoms with Gasteiger partial charge in [0.25, 0.3) is 5.91 Å². The zero-order valence-corrected chi connectivity index (χ0v) is 16.5. The van der Waals surface area contributed by atoms with Gasteiger partial charge in [-0.15, -0.1) is 0 Å². The number of likely N-dealkylation sites (tertiary alicyclic amines) is 2. The maximum atomic E-state index is 13.3. The van der Waals surface area contributed by atoms with Crippen LogP contribution in [-0.2, 0) is 4.79 Å². The number of rotatable bonds is 5. The highest BCUT2D eigenvalue weighted by atomic mass is 16.5. The molecule has 3 rings (SSSR count). The van der Waals surface area contributed by atoms with Crippen LogP contribution in [0.15, 0.2) is 18.2 Å². The number of nitrogens with zero attached hydrogens (tertiary/aromatic N) is 2. The Morgan fingerprint density at radius 2 is 1.93 bits per heavy atom. The molecule has 2 amide bonds. The van der Waals surface area contributed by atoms with E-state index in [1.54, 1.807) is 11.0 Å². The van der Waals surface area contributed by atoms with Crippen molar-refractivity contribution in [1.29, 1.82) is 0 Å². The lowest BCUT2D eigenvalue weighted by atomic mass is 9.85. The third-order valence-corrected chi connectivity index (χ3v) is 5.44. The second kappa shape index (κ2) is 7.79. The standard InChI is InChI=1S/C21H30N2O4/c1-4-9-22-10-5-7-21(20(22)26)8-6-11-23(21)19(25)16-12-17(24)14-18(13-16)27-15(2)3/h12-15,24H,4-11H2,1-3H3. The van der Waals surface area contributed by atoms with Crippen molar-refractivity contribution in [1.82, 2.24) is 9.80 Å². The first-order valence-electron chi connectivity index (χ1n) is 9.99. The molecule has 2 saturated heterocycles. The summed E-state index contributed by atoms with van der Waals surface area (Å²) in [6.07, 6.45) is 4.02. The van der Waals surface area contributed by atoms with Gasteiger partial charge in [-0.05, 0) is 58.1 Å². The van der Waals surface area contributed by atoms with Crippen LogP contribution in [0.5, 0.6) is 11.5 Å². The Labute approximate surface area is 161 Å². The number of benzene rings is 1. The van der Waals surface area contributed by atoms with E-state index in [0.29, 0.717) is 30.7 Å². The molecule has 2 fully saturated rings. The summed E-state index contributed by atoms with van der Waals surface area (Å²) in [7, 11) is 0. The number of hydrogen-bond acceptors (Lipinski definition) is 4. The van der Waals surface area contributed by atoms with Crippen LogP contribution in [0.3, 0.4) is 0 Å². The number of hydrogen-bond donors (Lipinski definition) is 1. The molecule has 2 aliphatic rings. The molecule has 6 nitrogen and oxygen atoms in total. The lowest BCUT2D eigenvalue weighted by Gasteiger charge is -2.44. The molecule has 0 aliphatic carbocycles. The molecule has 148 valence electrons. The lowest BCUT2D eigenvalue weighted by Crippen LogP contribution is -2.61. The van der Waals surface area contributed by atoms with Crippen molar-refractivity contribution in [2.45, 2.75) is 64.5 Å². The smallest absolute Gasteiger partial charge is 0.255 e. The van der Waals surface area contributed by atoms with Gasteiger partial charge in [0, 0.05) is 31.3 Å². The number of carbonyl (C=O) groups excluding carboxylic acids is 2. The van der Waals surface area contributed by atoms with E-state index in [1.165, 1.54) is 12.1 Å². The number of carbonyl (C=O) groups is 2. The van der Waals surface area contributed by atoms with Crippen molar-refractivity contribution in [2.75, 3.05) is 19.6 Å². The van der Waals surface area contributed by atoms with Gasteiger partial charge in [0.2, 0.25) is 5.91 Å². The van der Waals surface area contributed by atoms with Gasteiger partial charge < -0.3 is 19.6 Å². The van der Waals surface area contributed by atoms with E-state index in [0.717, 1.165) is 32.4 Å². The molecule has 2 heterocycles. The normalized spacial score (nSPS) is 22.7. The predicted molar refractivity (Wildman–Crippen MR) is 103 cm³/mol. The second-order valence-electron chi connectivity index (χ2n) is 7.87. The molecule has 1 aromatic carbocycles. The predicted octanol–water partition coefficient (Wildman–Crippen LogP) is 3.19. The first kappa shape index (κ1) is 19.5. The van der Waals surface area contributed by atoms with Gasteiger partial charge in [0.05, 0.1) is 6.10 Å². The fourth-order valence-electron chi connectivity index (χ4n) is 4.41. The summed E-state index contributed by atoms with van der Waals surface area (Å²) in [5, 5.41) is 10.0. The summed E-state index contributed by atoms with van der Waals surface area (Å²) in [6.45, 7) is 7.93. The van der Waals surface area contributed by atoms with Gasteiger partial charge in [0.1, 0.15) is 17.0 Å². The molecule has 2 aliphatic heterocycles. The first-order valence-corrected chi connectivity index (χ1v) is 9.99. The molecule has 1 spiro atoms. The summed E-state index contributed by atoms with van der Waals surface area (Å²) in [5.41, 5.74) is -0.359. The van der Waals surface area contributed by atoms with E-state index in [4.69, 9.17) is 4.74 Å². The molecule has 0 bridgehead atoms. The van der Waals surface area contributed by atoms with Crippen molar-refractivity contribution >= 4 is 11.8 Å². The highest BCUT2D eigenvalue weighted by Gasteiger charge is 2.52. The molecule has 1 atom stereocenters. The van der Waals surface area contributed by atoms with Gasteiger partial charge in [-0.2, -0.15) is 0 Å².